The van der Waals surface area contributed by atoms with E-state index < -0.39 is 0 Å². The molecule has 2 heterocycles. The molecule has 4 rings (SSSR count). The molecule has 0 saturated carbocycles. The molecule has 3 aromatic rings. The highest BCUT2D eigenvalue weighted by molar-refractivity contribution is 7.25. The van der Waals surface area contributed by atoms with Crippen molar-refractivity contribution >= 4 is 53.3 Å². The fraction of sp³-hybridized carbons (Fsp3) is 0.368. The molecule has 24 heavy (non-hydrogen) atoms. The second kappa shape index (κ2) is 5.81. The Bertz CT molecular complexity index is 907. The van der Waals surface area contributed by atoms with Gasteiger partial charge in [0.15, 0.2) is 0 Å². The molecule has 0 amide bonds. The zero-order valence-electron chi connectivity index (χ0n) is 14.3. The second-order valence-corrected chi connectivity index (χ2v) is 8.86. The molecule has 2 aromatic carbocycles. The van der Waals surface area contributed by atoms with E-state index in [1.165, 1.54) is 20.2 Å². The minimum Gasteiger partial charge on any atom is -0.399 e. The summed E-state index contributed by atoms with van der Waals surface area (Å²) in [5.41, 5.74) is 0.535. The molecule has 0 radical (unpaired) electrons. The highest BCUT2D eigenvalue weighted by atomic mass is 32.1. The molecule has 0 bridgehead atoms. The van der Waals surface area contributed by atoms with Crippen molar-refractivity contribution in [2.45, 2.75) is 38.4 Å². The third-order valence-corrected chi connectivity index (χ3v) is 6.76. The van der Waals surface area contributed by atoms with Crippen molar-refractivity contribution in [2.75, 3.05) is 6.16 Å². The van der Waals surface area contributed by atoms with E-state index in [-0.39, 0.29) is 18.3 Å². The Morgan fingerprint density at radius 3 is 2.54 bits per heavy atom. The maximum atomic E-state index is 6.38. The third kappa shape index (κ3) is 2.52. The first-order valence-corrected chi connectivity index (χ1v) is 10.0. The number of hydrogen-bond acceptors (Lipinski definition) is 3. The van der Waals surface area contributed by atoms with Crippen LogP contribution in [0.4, 0.5) is 0 Å². The predicted octanol–water partition coefficient (Wildman–Crippen LogP) is 4.60. The van der Waals surface area contributed by atoms with Gasteiger partial charge in [-0.3, -0.25) is 0 Å². The van der Waals surface area contributed by atoms with E-state index in [0.717, 1.165) is 18.0 Å². The summed E-state index contributed by atoms with van der Waals surface area (Å²) in [5, 5.41) is 2.63. The second-order valence-electron chi connectivity index (χ2n) is 7.20. The molecule has 1 saturated heterocycles. The minimum absolute atomic E-state index is 0.269. The molecule has 0 spiro atoms. The van der Waals surface area contributed by atoms with Crippen LogP contribution in [-0.2, 0) is 9.31 Å². The van der Waals surface area contributed by atoms with Crippen LogP contribution in [0.25, 0.3) is 20.2 Å². The maximum absolute atomic E-state index is 6.38. The normalized spacial score (nSPS) is 23.4. The van der Waals surface area contributed by atoms with Crippen molar-refractivity contribution in [1.29, 1.82) is 0 Å². The first-order chi connectivity index (χ1) is 11.4. The van der Waals surface area contributed by atoms with Crippen molar-refractivity contribution < 1.29 is 9.31 Å². The van der Waals surface area contributed by atoms with E-state index in [4.69, 9.17) is 9.31 Å². The highest BCUT2D eigenvalue weighted by Gasteiger charge is 2.53. The maximum Gasteiger partial charge on any atom is 0.494 e. The lowest BCUT2D eigenvalue weighted by Gasteiger charge is -2.36. The average molecular weight is 356 g/mol. The van der Waals surface area contributed by atoms with Gasteiger partial charge in [0.05, 0.1) is 11.2 Å². The fourth-order valence-corrected chi connectivity index (χ4v) is 5.16. The summed E-state index contributed by atoms with van der Waals surface area (Å²) in [6, 6.07) is 15.1. The lowest BCUT2D eigenvalue weighted by molar-refractivity contribution is -0.0110. The van der Waals surface area contributed by atoms with Crippen LogP contribution in [0, 0.1) is 0 Å². The first-order valence-electron chi connectivity index (χ1n) is 8.40. The Kier molecular flexibility index (Phi) is 4.00. The monoisotopic (exact) mass is 356 g/mol. The summed E-state index contributed by atoms with van der Waals surface area (Å²) in [4.78, 5) is 0. The number of rotatable bonds is 3. The zero-order valence-corrected chi connectivity index (χ0v) is 16.3. The molecule has 0 aliphatic carbocycles. The Labute approximate surface area is 149 Å². The SMILES string of the molecule is CC1(C)OB(c2ccc3c(c2)sc2ccccc23)OC1(C)CCP. The lowest BCUT2D eigenvalue weighted by Crippen LogP contribution is -2.45. The Morgan fingerprint density at radius 1 is 1.00 bits per heavy atom. The molecule has 5 heteroatoms. The van der Waals surface area contributed by atoms with Gasteiger partial charge < -0.3 is 9.31 Å². The predicted molar refractivity (Wildman–Crippen MR) is 109 cm³/mol. The van der Waals surface area contributed by atoms with Gasteiger partial charge in [0.25, 0.3) is 0 Å². The van der Waals surface area contributed by atoms with Crippen molar-refractivity contribution in [1.82, 2.24) is 0 Å². The third-order valence-electron chi connectivity index (χ3n) is 5.34. The van der Waals surface area contributed by atoms with Crippen LogP contribution in [0.3, 0.4) is 0 Å². The Balaban J connectivity index is 1.73. The van der Waals surface area contributed by atoms with E-state index in [0.29, 0.717) is 0 Å². The molecule has 1 aliphatic rings. The van der Waals surface area contributed by atoms with Crippen LogP contribution < -0.4 is 5.46 Å². The van der Waals surface area contributed by atoms with Crippen molar-refractivity contribution in [2.24, 2.45) is 0 Å². The fourth-order valence-electron chi connectivity index (χ4n) is 3.46. The molecule has 1 aromatic heterocycles. The molecular weight excluding hydrogens is 334 g/mol. The highest BCUT2D eigenvalue weighted by Crippen LogP contribution is 2.40. The van der Waals surface area contributed by atoms with Gasteiger partial charge in [-0.1, -0.05) is 30.3 Å². The Morgan fingerprint density at radius 2 is 1.75 bits per heavy atom. The van der Waals surface area contributed by atoms with E-state index >= 15 is 0 Å². The zero-order chi connectivity index (χ0) is 16.9. The summed E-state index contributed by atoms with van der Waals surface area (Å²) in [5.74, 6) is 0. The molecule has 1 fully saturated rings. The first kappa shape index (κ1) is 16.5. The van der Waals surface area contributed by atoms with Crippen LogP contribution >= 0.6 is 20.6 Å². The molecule has 0 N–H and O–H groups in total. The molecule has 2 atom stereocenters. The Hall–Kier alpha value is -0.925. The van der Waals surface area contributed by atoms with Crippen molar-refractivity contribution in [3.05, 3.63) is 42.5 Å². The van der Waals surface area contributed by atoms with Crippen LogP contribution in [0.15, 0.2) is 42.5 Å². The smallest absolute Gasteiger partial charge is 0.399 e. The minimum atomic E-state index is -0.302. The van der Waals surface area contributed by atoms with Crippen LogP contribution in [-0.4, -0.2) is 24.5 Å². The van der Waals surface area contributed by atoms with Crippen molar-refractivity contribution in [3.8, 4) is 0 Å². The number of hydrogen-bond donors (Lipinski definition) is 0. The van der Waals surface area contributed by atoms with Crippen LogP contribution in [0.1, 0.15) is 27.2 Å². The van der Waals surface area contributed by atoms with Gasteiger partial charge in [-0.25, -0.2) is 0 Å². The van der Waals surface area contributed by atoms with Gasteiger partial charge in [0.2, 0.25) is 0 Å². The molecule has 2 unspecified atom stereocenters. The molecule has 1 aliphatic heterocycles. The molecular formula is C19H22BO2PS. The summed E-state index contributed by atoms with van der Waals surface area (Å²) in [6.07, 6.45) is 1.97. The lowest BCUT2D eigenvalue weighted by atomic mass is 9.79. The number of fused-ring (bicyclic) bond motifs is 3. The quantitative estimate of drug-likeness (QED) is 0.505. The van der Waals surface area contributed by atoms with Crippen LogP contribution in [0.2, 0.25) is 0 Å². The van der Waals surface area contributed by atoms with E-state index in [9.17, 15) is 0 Å². The summed E-state index contributed by atoms with van der Waals surface area (Å²) in [6.45, 7) is 6.42. The topological polar surface area (TPSA) is 18.5 Å². The summed E-state index contributed by atoms with van der Waals surface area (Å²) < 4.78 is 15.3. The molecule has 2 nitrogen and oxygen atoms in total. The van der Waals surface area contributed by atoms with Crippen molar-refractivity contribution in [3.63, 3.8) is 0 Å². The molecule has 124 valence electrons. The largest absolute Gasteiger partial charge is 0.494 e. The van der Waals surface area contributed by atoms with Gasteiger partial charge >= 0.3 is 7.12 Å². The van der Waals surface area contributed by atoms with Gasteiger partial charge in [-0.15, -0.1) is 20.6 Å². The van der Waals surface area contributed by atoms with Gasteiger partial charge in [-0.05, 0) is 50.9 Å². The summed E-state index contributed by atoms with van der Waals surface area (Å²) in [7, 11) is 2.50. The summed E-state index contributed by atoms with van der Waals surface area (Å²) >= 11 is 1.83. The van der Waals surface area contributed by atoms with Gasteiger partial charge in [0.1, 0.15) is 0 Å². The number of thiophene rings is 1. The van der Waals surface area contributed by atoms with Gasteiger partial charge in [0, 0.05) is 20.2 Å². The van der Waals surface area contributed by atoms with Crippen LogP contribution in [0.5, 0.6) is 0 Å². The van der Waals surface area contributed by atoms with E-state index in [2.05, 4.69) is 72.5 Å². The average Bonchev–Trinajstić information content (AvgIpc) is 3.02. The standard InChI is InChI=1S/C19H22BO2PS/c1-18(2)19(3,10-11-23)22-20(21-18)13-8-9-15-14-6-4-5-7-16(14)24-17(15)12-13/h4-9,12H,10-11,23H2,1-3H3. The number of benzene rings is 2. The van der Waals surface area contributed by atoms with E-state index in [1.807, 2.05) is 11.3 Å². The van der Waals surface area contributed by atoms with E-state index in [1.54, 1.807) is 0 Å². The van der Waals surface area contributed by atoms with Gasteiger partial charge in [-0.2, -0.15) is 0 Å².